The molecule has 1 amide bonds. The van der Waals surface area contributed by atoms with E-state index in [0.717, 1.165) is 32.7 Å². The minimum Gasteiger partial charge on any atom is -0.342 e. The van der Waals surface area contributed by atoms with E-state index in [1.165, 1.54) is 0 Å². The third-order valence-electron chi connectivity index (χ3n) is 2.41. The van der Waals surface area contributed by atoms with Crippen molar-refractivity contribution in [3.05, 3.63) is 0 Å². The van der Waals surface area contributed by atoms with E-state index in [9.17, 15) is 4.79 Å². The van der Waals surface area contributed by atoms with Crippen LogP contribution in [0.5, 0.6) is 0 Å². The summed E-state index contributed by atoms with van der Waals surface area (Å²) in [6, 6.07) is -0.0198. The molecule has 1 aliphatic rings. The molecule has 1 fully saturated rings. The van der Waals surface area contributed by atoms with Crippen LogP contribution in [0.25, 0.3) is 0 Å². The molecule has 4 nitrogen and oxygen atoms in total. The molecule has 0 radical (unpaired) electrons. The molecule has 13 heavy (non-hydrogen) atoms. The summed E-state index contributed by atoms with van der Waals surface area (Å²) >= 11 is 0. The number of piperazine rings is 1. The summed E-state index contributed by atoms with van der Waals surface area (Å²) in [6.07, 6.45) is 0. The predicted octanol–water partition coefficient (Wildman–Crippen LogP) is -0.584. The van der Waals surface area contributed by atoms with Crippen molar-refractivity contribution >= 4 is 5.91 Å². The van der Waals surface area contributed by atoms with Gasteiger partial charge in [-0.15, -0.1) is 0 Å². The van der Waals surface area contributed by atoms with Crippen LogP contribution in [0.15, 0.2) is 0 Å². The number of likely N-dealkylation sites (N-methyl/N-ethyl adjacent to an activating group) is 1. The quantitative estimate of drug-likeness (QED) is 0.618. The third-order valence-corrected chi connectivity index (χ3v) is 2.41. The summed E-state index contributed by atoms with van der Waals surface area (Å²) in [5, 5.41) is 6.42. The highest BCUT2D eigenvalue weighted by Gasteiger charge is 2.23. The first-order valence-corrected chi connectivity index (χ1v) is 5.02. The number of carbonyl (C=O) groups excluding carboxylic acids is 1. The lowest BCUT2D eigenvalue weighted by Crippen LogP contribution is -2.56. The van der Waals surface area contributed by atoms with Gasteiger partial charge in [0, 0.05) is 32.7 Å². The second-order valence-corrected chi connectivity index (χ2v) is 3.22. The van der Waals surface area contributed by atoms with Gasteiger partial charge >= 0.3 is 0 Å². The highest BCUT2D eigenvalue weighted by atomic mass is 16.2. The van der Waals surface area contributed by atoms with Crippen molar-refractivity contribution in [1.82, 2.24) is 15.5 Å². The first kappa shape index (κ1) is 10.5. The number of nitrogens with one attached hydrogen (secondary N) is 2. The average Bonchev–Trinajstić information content (AvgIpc) is 2.21. The second-order valence-electron chi connectivity index (χ2n) is 3.22. The largest absolute Gasteiger partial charge is 0.342 e. The number of amides is 1. The minimum absolute atomic E-state index is 0.0198. The Morgan fingerprint density at radius 2 is 2.08 bits per heavy atom. The molecule has 0 saturated carbocycles. The van der Waals surface area contributed by atoms with Crippen LogP contribution in [-0.2, 0) is 4.79 Å². The SMILES string of the molecule is CCN(CC)C(=O)C1CNCCN1. The Morgan fingerprint density at radius 1 is 1.38 bits per heavy atom. The topological polar surface area (TPSA) is 44.4 Å². The molecular weight excluding hydrogens is 166 g/mol. The molecule has 1 heterocycles. The van der Waals surface area contributed by atoms with Gasteiger partial charge in [-0.05, 0) is 13.8 Å². The van der Waals surface area contributed by atoms with E-state index >= 15 is 0 Å². The molecule has 0 aromatic carbocycles. The molecule has 1 unspecified atom stereocenters. The molecular formula is C9H19N3O. The summed E-state index contributed by atoms with van der Waals surface area (Å²) in [4.78, 5) is 13.6. The summed E-state index contributed by atoms with van der Waals surface area (Å²) in [6.45, 7) is 8.23. The van der Waals surface area contributed by atoms with Gasteiger partial charge in [-0.2, -0.15) is 0 Å². The zero-order valence-electron chi connectivity index (χ0n) is 8.47. The van der Waals surface area contributed by atoms with E-state index in [2.05, 4.69) is 10.6 Å². The third kappa shape index (κ3) is 2.67. The van der Waals surface area contributed by atoms with Gasteiger partial charge in [0.25, 0.3) is 0 Å². The summed E-state index contributed by atoms with van der Waals surface area (Å²) in [5.74, 6) is 0.220. The van der Waals surface area contributed by atoms with Gasteiger partial charge in [-0.1, -0.05) is 0 Å². The normalized spacial score (nSPS) is 22.8. The molecule has 76 valence electrons. The molecule has 0 aromatic rings. The average molecular weight is 185 g/mol. The number of rotatable bonds is 3. The van der Waals surface area contributed by atoms with E-state index < -0.39 is 0 Å². The molecule has 1 rings (SSSR count). The van der Waals surface area contributed by atoms with E-state index in [0.29, 0.717) is 0 Å². The van der Waals surface area contributed by atoms with Crippen LogP contribution in [0, 0.1) is 0 Å². The molecule has 0 aliphatic carbocycles. The Labute approximate surface area is 79.7 Å². The summed E-state index contributed by atoms with van der Waals surface area (Å²) in [7, 11) is 0. The highest BCUT2D eigenvalue weighted by Crippen LogP contribution is 1.96. The van der Waals surface area contributed by atoms with Crippen molar-refractivity contribution in [2.24, 2.45) is 0 Å². The van der Waals surface area contributed by atoms with E-state index in [1.54, 1.807) is 0 Å². The maximum Gasteiger partial charge on any atom is 0.241 e. The summed E-state index contributed by atoms with van der Waals surface area (Å²) in [5.41, 5.74) is 0. The molecule has 0 aromatic heterocycles. The second kappa shape index (κ2) is 5.19. The van der Waals surface area contributed by atoms with E-state index in [1.807, 2.05) is 18.7 Å². The molecule has 1 saturated heterocycles. The molecule has 2 N–H and O–H groups in total. The van der Waals surface area contributed by atoms with Gasteiger partial charge < -0.3 is 15.5 Å². The molecule has 0 bridgehead atoms. The fourth-order valence-corrected chi connectivity index (χ4v) is 1.58. The maximum absolute atomic E-state index is 11.8. The zero-order chi connectivity index (χ0) is 9.68. The monoisotopic (exact) mass is 185 g/mol. The van der Waals surface area contributed by atoms with Crippen molar-refractivity contribution < 1.29 is 4.79 Å². The van der Waals surface area contributed by atoms with Gasteiger partial charge in [-0.25, -0.2) is 0 Å². The van der Waals surface area contributed by atoms with E-state index in [-0.39, 0.29) is 11.9 Å². The van der Waals surface area contributed by atoms with Gasteiger partial charge in [0.1, 0.15) is 0 Å². The standard InChI is InChI=1S/C9H19N3O/c1-3-12(4-2)9(13)8-7-10-5-6-11-8/h8,10-11H,3-7H2,1-2H3. The number of hydrogen-bond donors (Lipinski definition) is 2. The fraction of sp³-hybridized carbons (Fsp3) is 0.889. The fourth-order valence-electron chi connectivity index (χ4n) is 1.58. The van der Waals surface area contributed by atoms with Crippen LogP contribution in [0.4, 0.5) is 0 Å². The number of carbonyl (C=O) groups is 1. The molecule has 4 heteroatoms. The van der Waals surface area contributed by atoms with Crippen LogP contribution in [0.3, 0.4) is 0 Å². The molecule has 0 spiro atoms. The lowest BCUT2D eigenvalue weighted by Gasteiger charge is -2.28. The summed E-state index contributed by atoms with van der Waals surface area (Å²) < 4.78 is 0. The van der Waals surface area contributed by atoms with Crippen molar-refractivity contribution in [2.75, 3.05) is 32.7 Å². The van der Waals surface area contributed by atoms with Gasteiger partial charge in [0.15, 0.2) is 0 Å². The number of hydrogen-bond acceptors (Lipinski definition) is 3. The number of nitrogens with zero attached hydrogens (tertiary/aromatic N) is 1. The van der Waals surface area contributed by atoms with Crippen LogP contribution < -0.4 is 10.6 Å². The van der Waals surface area contributed by atoms with Crippen molar-refractivity contribution in [3.8, 4) is 0 Å². The highest BCUT2D eigenvalue weighted by molar-refractivity contribution is 5.82. The van der Waals surface area contributed by atoms with Crippen LogP contribution in [0.2, 0.25) is 0 Å². The lowest BCUT2D eigenvalue weighted by molar-refractivity contribution is -0.133. The Balaban J connectivity index is 2.44. The predicted molar refractivity (Wildman–Crippen MR) is 52.6 cm³/mol. The van der Waals surface area contributed by atoms with Crippen molar-refractivity contribution in [2.45, 2.75) is 19.9 Å². The first-order chi connectivity index (χ1) is 6.29. The smallest absolute Gasteiger partial charge is 0.241 e. The minimum atomic E-state index is -0.0198. The Bertz CT molecular complexity index is 162. The molecule has 1 aliphatic heterocycles. The Kier molecular flexibility index (Phi) is 4.18. The molecule has 1 atom stereocenters. The van der Waals surface area contributed by atoms with Crippen molar-refractivity contribution in [1.29, 1.82) is 0 Å². The maximum atomic E-state index is 11.8. The Morgan fingerprint density at radius 3 is 2.54 bits per heavy atom. The van der Waals surface area contributed by atoms with Gasteiger partial charge in [0.2, 0.25) is 5.91 Å². The lowest BCUT2D eigenvalue weighted by atomic mass is 10.2. The van der Waals surface area contributed by atoms with Crippen LogP contribution in [-0.4, -0.2) is 49.6 Å². The zero-order valence-corrected chi connectivity index (χ0v) is 8.47. The van der Waals surface area contributed by atoms with Gasteiger partial charge in [0.05, 0.1) is 6.04 Å². The van der Waals surface area contributed by atoms with Crippen molar-refractivity contribution in [3.63, 3.8) is 0 Å². The van der Waals surface area contributed by atoms with Crippen LogP contribution in [0.1, 0.15) is 13.8 Å². The van der Waals surface area contributed by atoms with Gasteiger partial charge in [-0.3, -0.25) is 4.79 Å². The van der Waals surface area contributed by atoms with Crippen LogP contribution >= 0.6 is 0 Å². The first-order valence-electron chi connectivity index (χ1n) is 5.02. The van der Waals surface area contributed by atoms with E-state index in [4.69, 9.17) is 0 Å². The Hall–Kier alpha value is -0.610.